The molecule has 0 spiro atoms. The number of hydrogen-bond donors (Lipinski definition) is 1. The zero-order valence-electron chi connectivity index (χ0n) is 9.42. The van der Waals surface area contributed by atoms with Gasteiger partial charge >= 0.3 is 0 Å². The van der Waals surface area contributed by atoms with E-state index in [0.717, 1.165) is 32.4 Å². The summed E-state index contributed by atoms with van der Waals surface area (Å²) < 4.78 is 10.2. The van der Waals surface area contributed by atoms with Crippen molar-refractivity contribution >= 4 is 0 Å². The van der Waals surface area contributed by atoms with Crippen LogP contribution in [-0.4, -0.2) is 33.6 Å². The topological polar surface area (TPSA) is 30.5 Å². The molecule has 0 rings (SSSR count). The van der Waals surface area contributed by atoms with Crippen molar-refractivity contribution in [1.29, 1.82) is 0 Å². The Hall–Kier alpha value is -0.380. The first-order valence-corrected chi connectivity index (χ1v) is 5.22. The number of unbranched alkanes of at least 4 members (excludes halogenated alkanes) is 1. The predicted octanol–water partition coefficient (Wildman–Crippen LogP) is 1.94. The number of methoxy groups -OCH3 is 2. The molecule has 3 nitrogen and oxygen atoms in total. The summed E-state index contributed by atoms with van der Waals surface area (Å²) in [5, 5.41) is 3.34. The van der Waals surface area contributed by atoms with Crippen LogP contribution in [0.4, 0.5) is 0 Å². The Morgan fingerprint density at radius 3 is 2.50 bits per heavy atom. The van der Waals surface area contributed by atoms with Crippen molar-refractivity contribution in [2.24, 2.45) is 0 Å². The van der Waals surface area contributed by atoms with Crippen molar-refractivity contribution in [2.45, 2.75) is 32.0 Å². The lowest BCUT2D eigenvalue weighted by Crippen LogP contribution is -2.17. The molecule has 0 aromatic rings. The molecule has 0 aliphatic carbocycles. The first kappa shape index (κ1) is 13.6. The van der Waals surface area contributed by atoms with Gasteiger partial charge in [-0.05, 0) is 38.8 Å². The smallest absolute Gasteiger partial charge is 0.156 e. The van der Waals surface area contributed by atoms with Gasteiger partial charge in [0.15, 0.2) is 6.29 Å². The summed E-state index contributed by atoms with van der Waals surface area (Å²) in [7, 11) is 3.35. The van der Waals surface area contributed by atoms with Gasteiger partial charge in [-0.25, -0.2) is 0 Å². The van der Waals surface area contributed by atoms with Gasteiger partial charge in [-0.15, -0.1) is 6.58 Å². The molecule has 0 aliphatic rings. The lowest BCUT2D eigenvalue weighted by atomic mass is 10.2. The molecule has 0 saturated carbocycles. The monoisotopic (exact) mass is 201 g/mol. The number of hydrogen-bond acceptors (Lipinski definition) is 3. The molecule has 0 saturated heterocycles. The van der Waals surface area contributed by atoms with E-state index in [1.807, 2.05) is 6.08 Å². The van der Waals surface area contributed by atoms with Gasteiger partial charge in [0.1, 0.15) is 0 Å². The van der Waals surface area contributed by atoms with Crippen molar-refractivity contribution in [3.05, 3.63) is 12.7 Å². The minimum Gasteiger partial charge on any atom is -0.356 e. The van der Waals surface area contributed by atoms with Gasteiger partial charge in [-0.3, -0.25) is 0 Å². The van der Waals surface area contributed by atoms with Gasteiger partial charge in [0, 0.05) is 14.2 Å². The van der Waals surface area contributed by atoms with Gasteiger partial charge in [0.2, 0.25) is 0 Å². The minimum atomic E-state index is -0.0387. The zero-order chi connectivity index (χ0) is 10.6. The lowest BCUT2D eigenvalue weighted by molar-refractivity contribution is -0.107. The third kappa shape index (κ3) is 8.23. The molecule has 0 radical (unpaired) electrons. The van der Waals surface area contributed by atoms with Gasteiger partial charge < -0.3 is 14.8 Å². The molecule has 0 aliphatic heterocycles. The summed E-state index contributed by atoms with van der Waals surface area (Å²) in [6.45, 7) is 5.76. The Labute approximate surface area is 87.5 Å². The van der Waals surface area contributed by atoms with Crippen molar-refractivity contribution in [2.75, 3.05) is 27.3 Å². The van der Waals surface area contributed by atoms with Crippen LogP contribution < -0.4 is 5.32 Å². The van der Waals surface area contributed by atoms with Crippen LogP contribution in [0.2, 0.25) is 0 Å². The van der Waals surface area contributed by atoms with Crippen LogP contribution in [0.25, 0.3) is 0 Å². The highest BCUT2D eigenvalue weighted by Crippen LogP contribution is 2.03. The molecule has 0 heterocycles. The van der Waals surface area contributed by atoms with Crippen LogP contribution in [0.3, 0.4) is 0 Å². The number of ether oxygens (including phenoxy) is 2. The van der Waals surface area contributed by atoms with Gasteiger partial charge in [0.25, 0.3) is 0 Å². The quantitative estimate of drug-likeness (QED) is 0.333. The molecule has 0 atom stereocenters. The highest BCUT2D eigenvalue weighted by molar-refractivity contribution is 4.67. The van der Waals surface area contributed by atoms with Gasteiger partial charge in [0.05, 0.1) is 0 Å². The third-order valence-corrected chi connectivity index (χ3v) is 2.09. The maximum Gasteiger partial charge on any atom is 0.156 e. The Bertz CT molecular complexity index is 124. The van der Waals surface area contributed by atoms with E-state index in [4.69, 9.17) is 9.47 Å². The maximum atomic E-state index is 5.09. The first-order valence-electron chi connectivity index (χ1n) is 5.22. The summed E-state index contributed by atoms with van der Waals surface area (Å²) in [6.07, 6.45) is 6.20. The summed E-state index contributed by atoms with van der Waals surface area (Å²) in [5.74, 6) is 0. The Morgan fingerprint density at radius 1 is 1.21 bits per heavy atom. The van der Waals surface area contributed by atoms with Crippen molar-refractivity contribution in [3.63, 3.8) is 0 Å². The molecule has 0 fully saturated rings. The van der Waals surface area contributed by atoms with Crippen molar-refractivity contribution in [1.82, 2.24) is 5.32 Å². The molecule has 0 aromatic carbocycles. The van der Waals surface area contributed by atoms with Crippen LogP contribution >= 0.6 is 0 Å². The molecular weight excluding hydrogens is 178 g/mol. The van der Waals surface area contributed by atoms with Crippen LogP contribution in [-0.2, 0) is 9.47 Å². The molecular formula is C11H23NO2. The van der Waals surface area contributed by atoms with Crippen LogP contribution in [0.1, 0.15) is 25.7 Å². The number of nitrogens with one attached hydrogen (secondary N) is 1. The number of rotatable bonds is 10. The van der Waals surface area contributed by atoms with E-state index >= 15 is 0 Å². The fourth-order valence-electron chi connectivity index (χ4n) is 1.22. The van der Waals surface area contributed by atoms with Crippen molar-refractivity contribution in [3.8, 4) is 0 Å². The standard InChI is InChI=1S/C11H23NO2/c1-4-5-9-12-10-7-6-8-11(13-2)14-3/h4,11-12H,1,5-10H2,2-3H3. The summed E-state index contributed by atoms with van der Waals surface area (Å²) in [6, 6.07) is 0. The fourth-order valence-corrected chi connectivity index (χ4v) is 1.22. The largest absolute Gasteiger partial charge is 0.356 e. The Morgan fingerprint density at radius 2 is 1.93 bits per heavy atom. The van der Waals surface area contributed by atoms with Crippen LogP contribution in [0.15, 0.2) is 12.7 Å². The molecule has 0 unspecified atom stereocenters. The van der Waals surface area contributed by atoms with Gasteiger partial charge in [-0.1, -0.05) is 6.08 Å². The van der Waals surface area contributed by atoms with Crippen LogP contribution in [0, 0.1) is 0 Å². The molecule has 0 aromatic heterocycles. The molecule has 84 valence electrons. The minimum absolute atomic E-state index is 0.0387. The summed E-state index contributed by atoms with van der Waals surface area (Å²) >= 11 is 0. The van der Waals surface area contributed by atoms with E-state index < -0.39 is 0 Å². The van der Waals surface area contributed by atoms with Crippen LogP contribution in [0.5, 0.6) is 0 Å². The molecule has 14 heavy (non-hydrogen) atoms. The molecule has 3 heteroatoms. The molecule has 1 N–H and O–H groups in total. The summed E-state index contributed by atoms with van der Waals surface area (Å²) in [4.78, 5) is 0. The van der Waals surface area contributed by atoms with E-state index in [1.54, 1.807) is 14.2 Å². The normalized spacial score (nSPS) is 10.8. The predicted molar refractivity (Wildman–Crippen MR) is 59.3 cm³/mol. The third-order valence-electron chi connectivity index (χ3n) is 2.09. The fraction of sp³-hybridized carbons (Fsp3) is 0.818. The van der Waals surface area contributed by atoms with E-state index in [0.29, 0.717) is 0 Å². The average molecular weight is 201 g/mol. The average Bonchev–Trinajstić information content (AvgIpc) is 2.22. The van der Waals surface area contributed by atoms with E-state index in [1.165, 1.54) is 6.42 Å². The molecule has 0 amide bonds. The lowest BCUT2D eigenvalue weighted by Gasteiger charge is -2.12. The van der Waals surface area contributed by atoms with E-state index in [9.17, 15) is 0 Å². The highest BCUT2D eigenvalue weighted by Gasteiger charge is 2.02. The second-order valence-corrected chi connectivity index (χ2v) is 3.22. The van der Waals surface area contributed by atoms with E-state index in [-0.39, 0.29) is 6.29 Å². The van der Waals surface area contributed by atoms with Gasteiger partial charge in [-0.2, -0.15) is 0 Å². The molecule has 0 bridgehead atoms. The van der Waals surface area contributed by atoms with E-state index in [2.05, 4.69) is 11.9 Å². The Balaban J connectivity index is 3.08. The maximum absolute atomic E-state index is 5.09. The SMILES string of the molecule is C=CCCNCCCCC(OC)OC. The Kier molecular flexibility index (Phi) is 10.4. The highest BCUT2D eigenvalue weighted by atomic mass is 16.7. The van der Waals surface area contributed by atoms with Crippen molar-refractivity contribution < 1.29 is 9.47 Å². The second kappa shape index (κ2) is 10.7. The summed E-state index contributed by atoms with van der Waals surface area (Å²) in [5.41, 5.74) is 0. The first-order chi connectivity index (χ1) is 6.85. The zero-order valence-corrected chi connectivity index (χ0v) is 9.42. The second-order valence-electron chi connectivity index (χ2n) is 3.22.